The quantitative estimate of drug-likeness (QED) is 0.404. The van der Waals surface area contributed by atoms with Gasteiger partial charge in [0.2, 0.25) is 10.0 Å². The van der Waals surface area contributed by atoms with E-state index in [1.807, 2.05) is 30.3 Å². The van der Waals surface area contributed by atoms with Crippen molar-refractivity contribution in [2.24, 2.45) is 5.41 Å². The SMILES string of the molecule is CS(=O)(=O)N[C@H]1CC[C@](Cc2ccc(F)c(-c3cccc(F)c3OCc3ccccc3)c2)(C(=O)[O-])C1.[Na+]. The third-order valence-electron chi connectivity index (χ3n) is 6.48. The van der Waals surface area contributed by atoms with Gasteiger partial charge in [-0.1, -0.05) is 48.5 Å². The Morgan fingerprint density at radius 1 is 1.03 bits per heavy atom. The number of nitrogens with one attached hydrogen (secondary N) is 1. The van der Waals surface area contributed by atoms with Gasteiger partial charge in [0.05, 0.1) is 6.26 Å². The smallest absolute Gasteiger partial charge is 0.550 e. The van der Waals surface area contributed by atoms with Crippen molar-refractivity contribution in [1.82, 2.24) is 4.72 Å². The molecule has 4 rings (SSSR count). The summed E-state index contributed by atoms with van der Waals surface area (Å²) >= 11 is 0. The van der Waals surface area contributed by atoms with E-state index >= 15 is 0 Å². The Kier molecular flexibility index (Phi) is 9.52. The summed E-state index contributed by atoms with van der Waals surface area (Å²) in [5.74, 6) is -2.65. The Morgan fingerprint density at radius 3 is 2.43 bits per heavy atom. The first kappa shape index (κ1) is 29.3. The molecule has 6 nitrogen and oxygen atoms in total. The molecule has 1 aliphatic rings. The van der Waals surface area contributed by atoms with Crippen LogP contribution in [0.1, 0.15) is 30.4 Å². The third kappa shape index (κ3) is 7.18. The van der Waals surface area contributed by atoms with Crippen molar-refractivity contribution in [3.8, 4) is 16.9 Å². The molecule has 190 valence electrons. The summed E-state index contributed by atoms with van der Waals surface area (Å²) in [6.07, 6.45) is 1.65. The number of carbonyl (C=O) groups excluding carboxylic acids is 1. The van der Waals surface area contributed by atoms with Gasteiger partial charge < -0.3 is 14.6 Å². The van der Waals surface area contributed by atoms with E-state index in [1.54, 1.807) is 6.07 Å². The van der Waals surface area contributed by atoms with Crippen molar-refractivity contribution in [2.75, 3.05) is 6.26 Å². The Balaban J connectivity index is 0.00000380. The van der Waals surface area contributed by atoms with Gasteiger partial charge in [0, 0.05) is 28.6 Å². The molecule has 1 saturated carbocycles. The van der Waals surface area contributed by atoms with Crippen molar-refractivity contribution in [3.63, 3.8) is 0 Å². The second-order valence-corrected chi connectivity index (χ2v) is 11.1. The van der Waals surface area contributed by atoms with Crippen LogP contribution >= 0.6 is 0 Å². The van der Waals surface area contributed by atoms with Crippen LogP contribution < -0.4 is 44.1 Å². The summed E-state index contributed by atoms with van der Waals surface area (Å²) in [7, 11) is -3.50. The molecule has 0 radical (unpaired) electrons. The average Bonchev–Trinajstić information content (AvgIpc) is 3.22. The van der Waals surface area contributed by atoms with Gasteiger partial charge in [0.25, 0.3) is 0 Å². The fourth-order valence-corrected chi connectivity index (χ4v) is 5.63. The Labute approximate surface area is 237 Å². The molecule has 1 N–H and O–H groups in total. The van der Waals surface area contributed by atoms with Crippen molar-refractivity contribution in [2.45, 2.75) is 38.3 Å². The number of benzene rings is 3. The van der Waals surface area contributed by atoms with E-state index < -0.39 is 39.1 Å². The molecule has 0 amide bonds. The van der Waals surface area contributed by atoms with E-state index in [4.69, 9.17) is 4.74 Å². The predicted octanol–water partition coefficient (Wildman–Crippen LogP) is 0.595. The van der Waals surface area contributed by atoms with Crippen LogP contribution in [0.15, 0.2) is 66.7 Å². The van der Waals surface area contributed by atoms with Crippen LogP contribution in [0.3, 0.4) is 0 Å². The van der Waals surface area contributed by atoms with Crippen LogP contribution in [0.4, 0.5) is 8.78 Å². The summed E-state index contributed by atoms with van der Waals surface area (Å²) in [5, 5.41) is 12.1. The fourth-order valence-electron chi connectivity index (χ4n) is 4.82. The third-order valence-corrected chi connectivity index (χ3v) is 7.24. The standard InChI is InChI=1S/C27H27F2NO5S.Na/c1-36(33,34)30-20-12-13-27(16-20,26(31)32)15-19-10-11-23(28)22(14-19)21-8-5-9-24(29)25(21)35-17-18-6-3-2-4-7-18;/h2-11,14,20,30H,12-13,15-17H2,1H3,(H,31,32);/q;+1/p-1/t20-,27+;/m0./s1. The summed E-state index contributed by atoms with van der Waals surface area (Å²) in [4.78, 5) is 12.1. The normalized spacial score (nSPS) is 19.3. The van der Waals surface area contributed by atoms with Crippen molar-refractivity contribution in [1.29, 1.82) is 0 Å². The maximum Gasteiger partial charge on any atom is 1.00 e. The molecule has 2 atom stereocenters. The molecule has 0 aromatic heterocycles. The molecule has 3 aromatic rings. The van der Waals surface area contributed by atoms with Crippen LogP contribution in [-0.2, 0) is 27.8 Å². The molecule has 3 aromatic carbocycles. The van der Waals surface area contributed by atoms with Gasteiger partial charge in [-0.3, -0.25) is 0 Å². The molecule has 1 aliphatic carbocycles. The number of carboxylic acid groups (broad SMARTS) is 1. The van der Waals surface area contributed by atoms with Crippen LogP contribution in [0, 0.1) is 17.0 Å². The second-order valence-electron chi connectivity index (χ2n) is 9.28. The molecule has 0 aliphatic heterocycles. The van der Waals surface area contributed by atoms with Gasteiger partial charge in [0.1, 0.15) is 12.4 Å². The molecule has 10 heteroatoms. The average molecular weight is 538 g/mol. The number of hydrogen-bond donors (Lipinski definition) is 1. The number of sulfonamides is 1. The number of halogens is 2. The predicted molar refractivity (Wildman–Crippen MR) is 129 cm³/mol. The minimum Gasteiger partial charge on any atom is -0.550 e. The number of para-hydroxylation sites is 1. The molecule has 0 heterocycles. The Bertz CT molecular complexity index is 1370. The molecule has 0 spiro atoms. The van der Waals surface area contributed by atoms with Gasteiger partial charge in [-0.2, -0.15) is 0 Å². The second kappa shape index (κ2) is 12.0. The largest absolute Gasteiger partial charge is 1.00 e. The molecule has 0 bridgehead atoms. The van der Waals surface area contributed by atoms with Gasteiger partial charge in [0.15, 0.2) is 11.6 Å². The zero-order valence-electron chi connectivity index (χ0n) is 20.7. The molecular formula is C27H26F2NNaO5S. The van der Waals surface area contributed by atoms with Crippen LogP contribution in [-0.4, -0.2) is 26.7 Å². The number of carboxylic acids is 1. The van der Waals surface area contributed by atoms with Gasteiger partial charge in [-0.15, -0.1) is 0 Å². The zero-order valence-corrected chi connectivity index (χ0v) is 23.5. The number of carbonyl (C=O) groups is 1. The van der Waals surface area contributed by atoms with E-state index in [0.29, 0.717) is 12.0 Å². The maximum absolute atomic E-state index is 15.0. The van der Waals surface area contributed by atoms with Crippen molar-refractivity contribution < 1.29 is 61.4 Å². The van der Waals surface area contributed by atoms with Crippen LogP contribution in [0.5, 0.6) is 5.75 Å². The molecule has 1 fully saturated rings. The Morgan fingerprint density at radius 2 is 1.76 bits per heavy atom. The summed E-state index contributed by atoms with van der Waals surface area (Å²) in [5.41, 5.74) is 0.291. The first-order valence-corrected chi connectivity index (χ1v) is 13.4. The fraction of sp³-hybridized carbons (Fsp3) is 0.296. The van der Waals surface area contributed by atoms with Gasteiger partial charge in [-0.25, -0.2) is 21.9 Å². The number of aliphatic carboxylic acids is 1. The monoisotopic (exact) mass is 537 g/mol. The Hall–Kier alpha value is -2.30. The van der Waals surface area contributed by atoms with Gasteiger partial charge in [-0.05, 0) is 55.0 Å². The summed E-state index contributed by atoms with van der Waals surface area (Å²) in [6.45, 7) is 0.0819. The van der Waals surface area contributed by atoms with E-state index in [2.05, 4.69) is 4.72 Å². The minimum absolute atomic E-state index is 0. The summed E-state index contributed by atoms with van der Waals surface area (Å²) < 4.78 is 61.1. The number of hydrogen-bond acceptors (Lipinski definition) is 5. The van der Waals surface area contributed by atoms with Crippen LogP contribution in [0.2, 0.25) is 0 Å². The van der Waals surface area contributed by atoms with Gasteiger partial charge >= 0.3 is 29.6 Å². The number of ether oxygens (including phenoxy) is 1. The van der Waals surface area contributed by atoms with Crippen molar-refractivity contribution >= 4 is 16.0 Å². The van der Waals surface area contributed by atoms with Crippen molar-refractivity contribution in [3.05, 3.63) is 89.5 Å². The first-order valence-electron chi connectivity index (χ1n) is 11.5. The van der Waals surface area contributed by atoms with E-state index in [-0.39, 0.29) is 72.3 Å². The van der Waals surface area contributed by atoms with Crippen LogP contribution in [0.25, 0.3) is 11.1 Å². The topological polar surface area (TPSA) is 95.5 Å². The van der Waals surface area contributed by atoms with E-state index in [9.17, 15) is 27.1 Å². The van der Waals surface area contributed by atoms with E-state index in [0.717, 1.165) is 11.8 Å². The van der Waals surface area contributed by atoms with E-state index in [1.165, 1.54) is 30.3 Å². The minimum atomic E-state index is -3.50. The number of rotatable bonds is 9. The molecule has 0 unspecified atom stereocenters. The molecule has 0 saturated heterocycles. The zero-order chi connectivity index (χ0) is 25.9. The molecule has 37 heavy (non-hydrogen) atoms. The molecular weight excluding hydrogens is 511 g/mol. The maximum atomic E-state index is 15.0. The first-order chi connectivity index (χ1) is 17.1. The summed E-state index contributed by atoms with van der Waals surface area (Å²) in [6, 6.07) is 17.0.